The Morgan fingerprint density at radius 1 is 0.333 bits per heavy atom. The van der Waals surface area contributed by atoms with Gasteiger partial charge in [-0.1, -0.05) is 146 Å². The van der Waals surface area contributed by atoms with E-state index >= 15 is 0 Å². The van der Waals surface area contributed by atoms with E-state index < -0.39 is 0 Å². The first-order valence-corrected chi connectivity index (χ1v) is 12.7. The summed E-state index contributed by atoms with van der Waals surface area (Å²) in [4.78, 5) is 0. The molecule has 0 atom stereocenters. The maximum absolute atomic E-state index is 2.34. The molecular weight excluding hydrogens is 396 g/mol. The van der Waals surface area contributed by atoms with Crippen molar-refractivity contribution in [1.29, 1.82) is 0 Å². The van der Waals surface area contributed by atoms with E-state index in [1.165, 1.54) is 49.0 Å². The van der Waals surface area contributed by atoms with Crippen LogP contribution in [0.2, 0.25) is 0 Å². The molecule has 0 spiro atoms. The van der Waals surface area contributed by atoms with Crippen LogP contribution in [0.4, 0.5) is 0 Å². The maximum atomic E-state index is 2.34. The Bertz CT molecular complexity index is 1190. The van der Waals surface area contributed by atoms with Crippen LogP contribution >= 0.6 is 0 Å². The van der Waals surface area contributed by atoms with E-state index in [0.29, 0.717) is 0 Å². The molecule has 5 aromatic rings. The van der Waals surface area contributed by atoms with E-state index in [4.69, 9.17) is 0 Å². The Hall–Kier alpha value is -3.12. The van der Waals surface area contributed by atoms with Gasteiger partial charge < -0.3 is 0 Å². The van der Waals surface area contributed by atoms with Gasteiger partial charge in [0, 0.05) is 0 Å². The Morgan fingerprint density at radius 3 is 1.09 bits per heavy atom. The summed E-state index contributed by atoms with van der Waals surface area (Å²) in [6.45, 7) is 18.1. The number of hydrogen-bond acceptors (Lipinski definition) is 0. The molecule has 0 saturated heterocycles. The van der Waals surface area contributed by atoms with Gasteiger partial charge in [-0.15, -0.1) is 0 Å². The van der Waals surface area contributed by atoms with Crippen molar-refractivity contribution in [2.45, 2.75) is 62.3 Å². The normalized spacial score (nSPS) is 9.36. The van der Waals surface area contributed by atoms with E-state index in [0.717, 1.165) is 0 Å². The third-order valence-electron chi connectivity index (χ3n) is 5.13. The Morgan fingerprint density at radius 2 is 0.667 bits per heavy atom. The summed E-state index contributed by atoms with van der Waals surface area (Å²) < 4.78 is 0. The van der Waals surface area contributed by atoms with Gasteiger partial charge in [0.05, 0.1) is 0 Å². The number of aryl methyl sites for hydroxylation is 1. The molecule has 0 aliphatic carbocycles. The first-order chi connectivity index (χ1) is 16.3. The maximum Gasteiger partial charge on any atom is -0.00928 e. The van der Waals surface area contributed by atoms with Crippen molar-refractivity contribution >= 4 is 32.3 Å². The molecule has 0 heteroatoms. The SMILES string of the molecule is CC.CC.CC.CC.Cc1ccc(-c2ccc3c4ccccc4c4ccccc4c3c2)cc1. The molecule has 0 nitrogen and oxygen atoms in total. The molecule has 0 amide bonds. The lowest BCUT2D eigenvalue weighted by Crippen LogP contribution is -1.85. The highest BCUT2D eigenvalue weighted by Crippen LogP contribution is 2.36. The van der Waals surface area contributed by atoms with Crippen LogP contribution in [0.1, 0.15) is 61.0 Å². The predicted octanol–water partition coefficient (Wildman–Crippen LogP) is 11.2. The molecular formula is C33H42. The average molecular weight is 439 g/mol. The lowest BCUT2D eigenvalue weighted by atomic mass is 9.92. The zero-order chi connectivity index (χ0) is 24.8. The minimum Gasteiger partial charge on any atom is -0.0683 e. The van der Waals surface area contributed by atoms with Crippen molar-refractivity contribution in [2.75, 3.05) is 0 Å². The van der Waals surface area contributed by atoms with Gasteiger partial charge in [-0.2, -0.15) is 0 Å². The fourth-order valence-corrected chi connectivity index (χ4v) is 3.83. The Balaban J connectivity index is 0.000000619. The Kier molecular flexibility index (Phi) is 12.6. The molecule has 5 rings (SSSR count). The van der Waals surface area contributed by atoms with Crippen molar-refractivity contribution in [2.24, 2.45) is 0 Å². The summed E-state index contributed by atoms with van der Waals surface area (Å²) in [6.07, 6.45) is 0. The summed E-state index contributed by atoms with van der Waals surface area (Å²) in [5, 5.41) is 7.95. The van der Waals surface area contributed by atoms with Crippen LogP contribution in [0, 0.1) is 6.92 Å². The molecule has 0 aliphatic rings. The van der Waals surface area contributed by atoms with Crippen LogP contribution in [-0.4, -0.2) is 0 Å². The van der Waals surface area contributed by atoms with Gasteiger partial charge in [-0.25, -0.2) is 0 Å². The van der Waals surface area contributed by atoms with Gasteiger partial charge >= 0.3 is 0 Å². The number of rotatable bonds is 1. The molecule has 0 radical (unpaired) electrons. The van der Waals surface area contributed by atoms with Crippen molar-refractivity contribution in [3.05, 3.63) is 96.6 Å². The second-order valence-electron chi connectivity index (χ2n) is 6.72. The van der Waals surface area contributed by atoms with Gasteiger partial charge in [0.2, 0.25) is 0 Å². The minimum atomic E-state index is 1.27. The number of hydrogen-bond donors (Lipinski definition) is 0. The molecule has 0 aliphatic heterocycles. The fourth-order valence-electron chi connectivity index (χ4n) is 3.83. The van der Waals surface area contributed by atoms with Gasteiger partial charge in [0.15, 0.2) is 0 Å². The van der Waals surface area contributed by atoms with Crippen LogP contribution in [-0.2, 0) is 0 Å². The quantitative estimate of drug-likeness (QED) is 0.228. The monoisotopic (exact) mass is 438 g/mol. The third-order valence-corrected chi connectivity index (χ3v) is 5.13. The van der Waals surface area contributed by atoms with Gasteiger partial charge in [0.1, 0.15) is 0 Å². The second kappa shape index (κ2) is 14.9. The zero-order valence-corrected chi connectivity index (χ0v) is 22.2. The summed E-state index contributed by atoms with van der Waals surface area (Å²) in [5.41, 5.74) is 3.83. The van der Waals surface area contributed by atoms with Crippen molar-refractivity contribution in [3.8, 4) is 11.1 Å². The zero-order valence-electron chi connectivity index (χ0n) is 22.2. The molecule has 0 bridgehead atoms. The van der Waals surface area contributed by atoms with Crippen LogP contribution < -0.4 is 0 Å². The molecule has 0 N–H and O–H groups in total. The first kappa shape index (κ1) is 27.9. The highest BCUT2D eigenvalue weighted by Gasteiger charge is 2.09. The predicted molar refractivity (Wildman–Crippen MR) is 155 cm³/mol. The van der Waals surface area contributed by atoms with Gasteiger partial charge in [0.25, 0.3) is 0 Å². The average Bonchev–Trinajstić information content (AvgIpc) is 2.93. The lowest BCUT2D eigenvalue weighted by Gasteiger charge is -2.12. The fraction of sp³-hybridized carbons (Fsp3) is 0.273. The van der Waals surface area contributed by atoms with E-state index in [1.54, 1.807) is 0 Å². The highest BCUT2D eigenvalue weighted by molar-refractivity contribution is 6.25. The van der Waals surface area contributed by atoms with Crippen LogP contribution in [0.15, 0.2) is 91.0 Å². The van der Waals surface area contributed by atoms with Crippen LogP contribution in [0.3, 0.4) is 0 Å². The minimum absolute atomic E-state index is 1.27. The van der Waals surface area contributed by atoms with Crippen molar-refractivity contribution < 1.29 is 0 Å². The standard InChI is InChI=1S/C25H18.4C2H6/c1-17-10-12-18(13-11-17)19-14-15-24-22-8-3-2-6-20(22)21-7-4-5-9-23(21)25(24)16-19;4*1-2/h2-16H,1H3;4*1-2H3. The largest absolute Gasteiger partial charge is 0.0683 e. The van der Waals surface area contributed by atoms with Crippen LogP contribution in [0.5, 0.6) is 0 Å². The van der Waals surface area contributed by atoms with Gasteiger partial charge in [-0.3, -0.25) is 0 Å². The Labute approximate surface area is 202 Å². The topological polar surface area (TPSA) is 0 Å². The summed E-state index contributed by atoms with van der Waals surface area (Å²) in [5.74, 6) is 0. The molecule has 174 valence electrons. The number of benzene rings is 5. The summed E-state index contributed by atoms with van der Waals surface area (Å²) in [6, 6.07) is 33.1. The molecule has 5 aromatic carbocycles. The molecule has 0 heterocycles. The summed E-state index contributed by atoms with van der Waals surface area (Å²) in [7, 11) is 0. The molecule has 0 saturated carbocycles. The number of fused-ring (bicyclic) bond motifs is 6. The van der Waals surface area contributed by atoms with E-state index in [-0.39, 0.29) is 0 Å². The van der Waals surface area contributed by atoms with E-state index in [2.05, 4.69) is 97.9 Å². The lowest BCUT2D eigenvalue weighted by molar-refractivity contribution is 1.47. The van der Waals surface area contributed by atoms with Gasteiger partial charge in [-0.05, 0) is 56.4 Å². The van der Waals surface area contributed by atoms with Crippen LogP contribution in [0.25, 0.3) is 43.4 Å². The molecule has 33 heavy (non-hydrogen) atoms. The second-order valence-corrected chi connectivity index (χ2v) is 6.72. The molecule has 0 aromatic heterocycles. The van der Waals surface area contributed by atoms with E-state index in [1.807, 2.05) is 55.4 Å². The summed E-state index contributed by atoms with van der Waals surface area (Å²) >= 11 is 0. The highest BCUT2D eigenvalue weighted by atomic mass is 14.1. The van der Waals surface area contributed by atoms with E-state index in [9.17, 15) is 0 Å². The molecule has 0 unspecified atom stereocenters. The van der Waals surface area contributed by atoms with Crippen molar-refractivity contribution in [1.82, 2.24) is 0 Å². The first-order valence-electron chi connectivity index (χ1n) is 12.7. The third kappa shape index (κ3) is 6.23. The van der Waals surface area contributed by atoms with Crippen molar-refractivity contribution in [3.63, 3.8) is 0 Å². The molecule has 0 fully saturated rings. The smallest absolute Gasteiger partial charge is 0.00928 e.